The topological polar surface area (TPSA) is 52.6 Å². The number of aliphatic hydroxyl groups is 1. The zero-order valence-corrected chi connectivity index (χ0v) is 13.9. The average molecular weight is 338 g/mol. The van der Waals surface area contributed by atoms with E-state index in [0.717, 1.165) is 24.3 Å². The van der Waals surface area contributed by atoms with Gasteiger partial charge in [0.05, 0.1) is 5.69 Å². The van der Waals surface area contributed by atoms with E-state index in [1.54, 1.807) is 34.9 Å². The number of nitrogens with one attached hydrogen (secondary N) is 1. The van der Waals surface area contributed by atoms with Crippen LogP contribution in [0.25, 0.3) is 0 Å². The number of likely N-dealkylation sites (tertiary alicyclic amines) is 1. The van der Waals surface area contributed by atoms with Gasteiger partial charge in [0.2, 0.25) is 0 Å². The summed E-state index contributed by atoms with van der Waals surface area (Å²) in [6, 6.07) is 6.81. The van der Waals surface area contributed by atoms with Crippen molar-refractivity contribution < 1.29 is 14.3 Å². The van der Waals surface area contributed by atoms with Crippen LogP contribution in [0.15, 0.2) is 24.3 Å². The van der Waals surface area contributed by atoms with Gasteiger partial charge < -0.3 is 15.3 Å². The van der Waals surface area contributed by atoms with Gasteiger partial charge in [0.1, 0.15) is 11.4 Å². The summed E-state index contributed by atoms with van der Waals surface area (Å²) in [4.78, 5) is 14.4. The van der Waals surface area contributed by atoms with Crippen molar-refractivity contribution in [3.8, 4) is 0 Å². The first kappa shape index (κ1) is 16.6. The molecule has 0 aromatic heterocycles. The minimum atomic E-state index is -1.17. The second-order valence-corrected chi connectivity index (χ2v) is 7.56. The molecule has 2 fully saturated rings. The fraction of sp³-hybridized carbons (Fsp3) is 0.588. The molecule has 0 spiro atoms. The lowest BCUT2D eigenvalue weighted by Gasteiger charge is -2.39. The number of para-hydroxylation sites is 1. The Bertz CT molecular complexity index is 555. The predicted octanol–water partition coefficient (Wildman–Crippen LogP) is 2.49. The second-order valence-electron chi connectivity index (χ2n) is 6.33. The lowest BCUT2D eigenvalue weighted by atomic mass is 9.93. The summed E-state index contributed by atoms with van der Waals surface area (Å²) in [5, 5.41) is 13.8. The average Bonchev–Trinajstić information content (AvgIpc) is 2.58. The molecule has 0 saturated carbocycles. The number of thioether (sulfide) groups is 1. The van der Waals surface area contributed by atoms with E-state index in [-0.39, 0.29) is 17.8 Å². The van der Waals surface area contributed by atoms with E-state index in [9.17, 15) is 14.3 Å². The summed E-state index contributed by atoms with van der Waals surface area (Å²) in [5.41, 5.74) is -0.656. The molecule has 3 rings (SSSR count). The monoisotopic (exact) mass is 338 g/mol. The number of hydrogen-bond acceptors (Lipinski definition) is 4. The highest BCUT2D eigenvalue weighted by molar-refractivity contribution is 7.99. The Kier molecular flexibility index (Phi) is 5.11. The SMILES string of the molecule is O=C(N1CCC(Nc2ccccc2F)CC1)C1(O)CCSCC1. The van der Waals surface area contributed by atoms with Gasteiger partial charge in [0.15, 0.2) is 0 Å². The number of halogens is 1. The number of rotatable bonds is 3. The Hall–Kier alpha value is -1.27. The molecule has 6 heteroatoms. The number of nitrogens with zero attached hydrogens (tertiary/aromatic N) is 1. The smallest absolute Gasteiger partial charge is 0.254 e. The number of benzene rings is 1. The first-order chi connectivity index (χ1) is 11.1. The third-order valence-electron chi connectivity index (χ3n) is 4.73. The third kappa shape index (κ3) is 3.80. The second kappa shape index (κ2) is 7.09. The van der Waals surface area contributed by atoms with Gasteiger partial charge in [0.25, 0.3) is 5.91 Å². The van der Waals surface area contributed by atoms with Crippen LogP contribution in [0.4, 0.5) is 10.1 Å². The minimum Gasteiger partial charge on any atom is -0.380 e. The van der Waals surface area contributed by atoms with Crippen LogP contribution in [0, 0.1) is 5.82 Å². The molecule has 0 unspecified atom stereocenters. The molecule has 2 heterocycles. The maximum absolute atomic E-state index is 13.7. The number of hydrogen-bond donors (Lipinski definition) is 2. The van der Waals surface area contributed by atoms with Crippen molar-refractivity contribution in [3.05, 3.63) is 30.1 Å². The fourth-order valence-corrected chi connectivity index (χ4v) is 4.41. The molecule has 2 aliphatic heterocycles. The van der Waals surface area contributed by atoms with E-state index in [0.29, 0.717) is 31.6 Å². The number of amides is 1. The van der Waals surface area contributed by atoms with Crippen molar-refractivity contribution in [1.29, 1.82) is 0 Å². The Morgan fingerprint density at radius 3 is 2.57 bits per heavy atom. The fourth-order valence-electron chi connectivity index (χ4n) is 3.24. The first-order valence-electron chi connectivity index (χ1n) is 8.19. The highest BCUT2D eigenvalue weighted by atomic mass is 32.2. The van der Waals surface area contributed by atoms with Crippen molar-refractivity contribution in [2.45, 2.75) is 37.3 Å². The van der Waals surface area contributed by atoms with Gasteiger partial charge >= 0.3 is 0 Å². The molecule has 0 bridgehead atoms. The highest BCUT2D eigenvalue weighted by Crippen LogP contribution is 2.30. The summed E-state index contributed by atoms with van der Waals surface area (Å²) in [5.74, 6) is 1.31. The predicted molar refractivity (Wildman–Crippen MR) is 91.1 cm³/mol. The van der Waals surface area contributed by atoms with E-state index < -0.39 is 5.60 Å². The third-order valence-corrected chi connectivity index (χ3v) is 5.72. The zero-order valence-electron chi connectivity index (χ0n) is 13.1. The van der Waals surface area contributed by atoms with Crippen LogP contribution in [0.5, 0.6) is 0 Å². The van der Waals surface area contributed by atoms with E-state index in [2.05, 4.69) is 5.32 Å². The molecule has 1 amide bonds. The van der Waals surface area contributed by atoms with Crippen molar-refractivity contribution >= 4 is 23.4 Å². The quantitative estimate of drug-likeness (QED) is 0.889. The van der Waals surface area contributed by atoms with Gasteiger partial charge in [-0.05, 0) is 49.3 Å². The summed E-state index contributed by atoms with van der Waals surface area (Å²) < 4.78 is 13.7. The summed E-state index contributed by atoms with van der Waals surface area (Å²) in [7, 11) is 0. The van der Waals surface area contributed by atoms with E-state index in [1.807, 2.05) is 0 Å². The lowest BCUT2D eigenvalue weighted by molar-refractivity contribution is -0.153. The molecular formula is C17H23FN2O2S. The van der Waals surface area contributed by atoms with Crippen molar-refractivity contribution in [2.24, 2.45) is 0 Å². The molecule has 2 N–H and O–H groups in total. The Labute approximate surface area is 140 Å². The van der Waals surface area contributed by atoms with Crippen molar-refractivity contribution in [3.63, 3.8) is 0 Å². The Morgan fingerprint density at radius 1 is 1.26 bits per heavy atom. The molecule has 4 nitrogen and oxygen atoms in total. The van der Waals surface area contributed by atoms with E-state index in [1.165, 1.54) is 6.07 Å². The van der Waals surface area contributed by atoms with Crippen LogP contribution in [-0.4, -0.2) is 52.2 Å². The van der Waals surface area contributed by atoms with Gasteiger partial charge in [0, 0.05) is 19.1 Å². The maximum Gasteiger partial charge on any atom is 0.254 e. The van der Waals surface area contributed by atoms with E-state index in [4.69, 9.17) is 0 Å². The number of piperidine rings is 1. The molecule has 2 aliphatic rings. The summed E-state index contributed by atoms with van der Waals surface area (Å²) in [6.45, 7) is 1.22. The molecule has 126 valence electrons. The number of anilines is 1. The molecular weight excluding hydrogens is 315 g/mol. The highest BCUT2D eigenvalue weighted by Gasteiger charge is 2.41. The molecule has 0 atom stereocenters. The first-order valence-corrected chi connectivity index (χ1v) is 9.34. The Balaban J connectivity index is 1.54. The molecule has 23 heavy (non-hydrogen) atoms. The van der Waals surface area contributed by atoms with Gasteiger partial charge in [-0.3, -0.25) is 4.79 Å². The normalized spacial score (nSPS) is 21.9. The van der Waals surface area contributed by atoms with E-state index >= 15 is 0 Å². The summed E-state index contributed by atoms with van der Waals surface area (Å²) >= 11 is 1.79. The zero-order chi connectivity index (χ0) is 16.3. The van der Waals surface area contributed by atoms with Crippen molar-refractivity contribution in [2.75, 3.05) is 29.9 Å². The van der Waals surface area contributed by atoms with Crippen LogP contribution in [-0.2, 0) is 4.79 Å². The van der Waals surface area contributed by atoms with Crippen LogP contribution in [0.2, 0.25) is 0 Å². The number of carbonyl (C=O) groups excluding carboxylic acids is 1. The van der Waals surface area contributed by atoms with Crippen molar-refractivity contribution in [1.82, 2.24) is 4.90 Å². The maximum atomic E-state index is 13.7. The molecule has 1 aromatic carbocycles. The van der Waals surface area contributed by atoms with Gasteiger partial charge in [-0.2, -0.15) is 11.8 Å². The molecule has 1 aromatic rings. The summed E-state index contributed by atoms with van der Waals surface area (Å²) in [6.07, 6.45) is 2.63. The minimum absolute atomic E-state index is 0.123. The standard InChI is InChI=1S/C17H23FN2O2S/c18-14-3-1-2-4-15(14)19-13-5-9-20(10-6-13)16(21)17(22)7-11-23-12-8-17/h1-4,13,19,22H,5-12H2. The van der Waals surface area contributed by atoms with Crippen LogP contribution in [0.1, 0.15) is 25.7 Å². The lowest BCUT2D eigenvalue weighted by Crippen LogP contribution is -2.54. The van der Waals surface area contributed by atoms with Gasteiger partial charge in [-0.15, -0.1) is 0 Å². The largest absolute Gasteiger partial charge is 0.380 e. The van der Waals surface area contributed by atoms with Gasteiger partial charge in [-0.1, -0.05) is 12.1 Å². The van der Waals surface area contributed by atoms with Gasteiger partial charge in [-0.25, -0.2) is 4.39 Å². The number of carbonyl (C=O) groups is 1. The molecule has 0 aliphatic carbocycles. The molecule has 2 saturated heterocycles. The molecule has 0 radical (unpaired) electrons. The van der Waals surface area contributed by atoms with Crippen LogP contribution < -0.4 is 5.32 Å². The van der Waals surface area contributed by atoms with Crippen LogP contribution in [0.3, 0.4) is 0 Å². The van der Waals surface area contributed by atoms with Crippen LogP contribution >= 0.6 is 11.8 Å². The Morgan fingerprint density at radius 2 is 1.91 bits per heavy atom.